The number of benzene rings is 1. The molecule has 1 aliphatic heterocycles. The molecule has 2 unspecified atom stereocenters. The van der Waals surface area contributed by atoms with Crippen molar-refractivity contribution in [3.63, 3.8) is 0 Å². The predicted octanol–water partition coefficient (Wildman–Crippen LogP) is 2.90. The second-order valence-electron chi connectivity index (χ2n) is 5.36. The Kier molecular flexibility index (Phi) is 4.49. The quantitative estimate of drug-likeness (QED) is 0.912. The summed E-state index contributed by atoms with van der Waals surface area (Å²) >= 11 is 1.46. The Morgan fingerprint density at radius 3 is 2.86 bits per heavy atom. The van der Waals surface area contributed by atoms with Gasteiger partial charge in [0, 0.05) is 29.4 Å². The minimum atomic E-state index is -0.850. The van der Waals surface area contributed by atoms with E-state index in [1.165, 1.54) is 17.4 Å². The molecule has 2 heterocycles. The monoisotopic (exact) mass is 322 g/mol. The molecular formula is C16H16F2N2OS. The zero-order valence-corrected chi connectivity index (χ0v) is 12.6. The SMILES string of the molecule is O=C(NC1CNCCC1c1ccc(F)c(F)c1)c1ccsc1. The highest BCUT2D eigenvalue weighted by atomic mass is 32.1. The first-order chi connectivity index (χ1) is 10.6. The summed E-state index contributed by atoms with van der Waals surface area (Å²) in [6, 6.07) is 5.59. The molecule has 1 aliphatic rings. The molecule has 3 nitrogen and oxygen atoms in total. The average Bonchev–Trinajstić information content (AvgIpc) is 3.05. The molecule has 1 aromatic carbocycles. The van der Waals surface area contributed by atoms with E-state index in [2.05, 4.69) is 10.6 Å². The molecule has 3 rings (SSSR count). The smallest absolute Gasteiger partial charge is 0.252 e. The van der Waals surface area contributed by atoms with E-state index in [-0.39, 0.29) is 17.9 Å². The van der Waals surface area contributed by atoms with Crippen molar-refractivity contribution in [3.05, 3.63) is 57.8 Å². The van der Waals surface area contributed by atoms with Crippen LogP contribution in [0.2, 0.25) is 0 Å². The standard InChI is InChI=1S/C16H16F2N2OS/c17-13-2-1-10(7-14(13)18)12-3-5-19-8-15(12)20-16(21)11-4-6-22-9-11/h1-2,4,6-7,9,12,15,19H,3,5,8H2,(H,20,21). The number of carbonyl (C=O) groups is 1. The van der Waals surface area contributed by atoms with E-state index in [9.17, 15) is 13.6 Å². The fraction of sp³-hybridized carbons (Fsp3) is 0.312. The van der Waals surface area contributed by atoms with Gasteiger partial charge in [-0.2, -0.15) is 11.3 Å². The largest absolute Gasteiger partial charge is 0.347 e. The third kappa shape index (κ3) is 3.18. The number of rotatable bonds is 3. The van der Waals surface area contributed by atoms with Gasteiger partial charge in [-0.15, -0.1) is 0 Å². The van der Waals surface area contributed by atoms with Crippen LogP contribution in [0.15, 0.2) is 35.0 Å². The Labute approximate surface area is 131 Å². The third-order valence-electron chi connectivity index (χ3n) is 3.95. The van der Waals surface area contributed by atoms with E-state index in [0.717, 1.165) is 24.6 Å². The summed E-state index contributed by atoms with van der Waals surface area (Å²) in [5, 5.41) is 9.86. The Morgan fingerprint density at radius 2 is 2.14 bits per heavy atom. The van der Waals surface area contributed by atoms with Crippen molar-refractivity contribution < 1.29 is 13.6 Å². The lowest BCUT2D eigenvalue weighted by Gasteiger charge is -2.33. The summed E-state index contributed by atoms with van der Waals surface area (Å²) < 4.78 is 26.6. The highest BCUT2D eigenvalue weighted by Crippen LogP contribution is 2.27. The first kappa shape index (κ1) is 15.1. The maximum absolute atomic E-state index is 13.5. The van der Waals surface area contributed by atoms with Crippen molar-refractivity contribution in [3.8, 4) is 0 Å². The van der Waals surface area contributed by atoms with Gasteiger partial charge in [-0.05, 0) is 42.1 Å². The maximum Gasteiger partial charge on any atom is 0.252 e. The molecule has 2 N–H and O–H groups in total. The summed E-state index contributed by atoms with van der Waals surface area (Å²) in [4.78, 5) is 12.2. The number of thiophene rings is 1. The molecule has 116 valence electrons. The van der Waals surface area contributed by atoms with Crippen LogP contribution in [0.5, 0.6) is 0 Å². The zero-order chi connectivity index (χ0) is 15.5. The van der Waals surface area contributed by atoms with Crippen LogP contribution < -0.4 is 10.6 Å². The fourth-order valence-electron chi connectivity index (χ4n) is 2.80. The van der Waals surface area contributed by atoms with Crippen LogP contribution in [0, 0.1) is 11.6 Å². The van der Waals surface area contributed by atoms with E-state index in [1.54, 1.807) is 17.5 Å². The number of carbonyl (C=O) groups excluding carboxylic acids is 1. The lowest BCUT2D eigenvalue weighted by atomic mass is 9.86. The predicted molar refractivity (Wildman–Crippen MR) is 82.2 cm³/mol. The van der Waals surface area contributed by atoms with Gasteiger partial charge in [0.15, 0.2) is 11.6 Å². The number of halogens is 2. The van der Waals surface area contributed by atoms with Gasteiger partial charge in [-0.3, -0.25) is 4.79 Å². The van der Waals surface area contributed by atoms with Gasteiger partial charge < -0.3 is 10.6 Å². The summed E-state index contributed by atoms with van der Waals surface area (Å²) in [6.45, 7) is 1.40. The van der Waals surface area contributed by atoms with Gasteiger partial charge in [-0.25, -0.2) is 8.78 Å². The number of hydrogen-bond acceptors (Lipinski definition) is 3. The number of amides is 1. The first-order valence-electron chi connectivity index (χ1n) is 7.14. The molecule has 2 aromatic rings. The van der Waals surface area contributed by atoms with Gasteiger partial charge in [0.25, 0.3) is 5.91 Å². The average molecular weight is 322 g/mol. The lowest BCUT2D eigenvalue weighted by Crippen LogP contribution is -2.50. The van der Waals surface area contributed by atoms with Gasteiger partial charge in [-0.1, -0.05) is 6.07 Å². The topological polar surface area (TPSA) is 41.1 Å². The molecule has 1 saturated heterocycles. The summed E-state index contributed by atoms with van der Waals surface area (Å²) in [7, 11) is 0. The molecular weight excluding hydrogens is 306 g/mol. The maximum atomic E-state index is 13.5. The van der Waals surface area contributed by atoms with Gasteiger partial charge in [0.1, 0.15) is 0 Å². The summed E-state index contributed by atoms with van der Waals surface area (Å²) in [5.74, 6) is -1.86. The number of piperidine rings is 1. The fourth-order valence-corrected chi connectivity index (χ4v) is 3.43. The van der Waals surface area contributed by atoms with Crippen LogP contribution in [0.25, 0.3) is 0 Å². The molecule has 0 aliphatic carbocycles. The van der Waals surface area contributed by atoms with E-state index in [4.69, 9.17) is 0 Å². The molecule has 0 bridgehead atoms. The minimum Gasteiger partial charge on any atom is -0.347 e. The van der Waals surface area contributed by atoms with Crippen LogP contribution in [0.1, 0.15) is 28.3 Å². The Hall–Kier alpha value is -1.79. The molecule has 0 spiro atoms. The van der Waals surface area contributed by atoms with E-state index in [0.29, 0.717) is 12.1 Å². The molecule has 1 fully saturated rings. The number of nitrogens with one attached hydrogen (secondary N) is 2. The van der Waals surface area contributed by atoms with Crippen molar-refractivity contribution >= 4 is 17.2 Å². The van der Waals surface area contributed by atoms with Crippen molar-refractivity contribution in [1.82, 2.24) is 10.6 Å². The second kappa shape index (κ2) is 6.54. The van der Waals surface area contributed by atoms with E-state index in [1.807, 2.05) is 5.38 Å². The van der Waals surface area contributed by atoms with Crippen molar-refractivity contribution in [2.45, 2.75) is 18.4 Å². The van der Waals surface area contributed by atoms with Gasteiger partial charge >= 0.3 is 0 Å². The minimum absolute atomic E-state index is 0.0288. The molecule has 0 saturated carbocycles. The van der Waals surface area contributed by atoms with Crippen LogP contribution in [0.3, 0.4) is 0 Å². The van der Waals surface area contributed by atoms with Crippen molar-refractivity contribution in [1.29, 1.82) is 0 Å². The summed E-state index contributed by atoms with van der Waals surface area (Å²) in [6.07, 6.45) is 0.764. The van der Waals surface area contributed by atoms with Gasteiger partial charge in [0.2, 0.25) is 0 Å². The Bertz CT molecular complexity index is 660. The Morgan fingerprint density at radius 1 is 1.27 bits per heavy atom. The second-order valence-corrected chi connectivity index (χ2v) is 6.14. The molecule has 1 aromatic heterocycles. The third-order valence-corrected chi connectivity index (χ3v) is 4.64. The van der Waals surface area contributed by atoms with Crippen molar-refractivity contribution in [2.75, 3.05) is 13.1 Å². The first-order valence-corrected chi connectivity index (χ1v) is 8.08. The van der Waals surface area contributed by atoms with Crippen molar-refractivity contribution in [2.24, 2.45) is 0 Å². The van der Waals surface area contributed by atoms with Crippen LogP contribution in [-0.2, 0) is 0 Å². The van der Waals surface area contributed by atoms with Gasteiger partial charge in [0.05, 0.1) is 0 Å². The highest BCUT2D eigenvalue weighted by molar-refractivity contribution is 7.08. The lowest BCUT2D eigenvalue weighted by molar-refractivity contribution is 0.0925. The molecule has 22 heavy (non-hydrogen) atoms. The van der Waals surface area contributed by atoms with E-state index >= 15 is 0 Å². The molecule has 1 amide bonds. The van der Waals surface area contributed by atoms with Crippen LogP contribution in [0.4, 0.5) is 8.78 Å². The zero-order valence-electron chi connectivity index (χ0n) is 11.8. The molecule has 6 heteroatoms. The molecule has 2 atom stereocenters. The van der Waals surface area contributed by atoms with Crippen LogP contribution >= 0.6 is 11.3 Å². The van der Waals surface area contributed by atoms with E-state index < -0.39 is 11.6 Å². The Balaban J connectivity index is 1.79. The molecule has 0 radical (unpaired) electrons. The normalized spacial score (nSPS) is 21.5. The number of hydrogen-bond donors (Lipinski definition) is 2. The van der Waals surface area contributed by atoms with Crippen LogP contribution in [-0.4, -0.2) is 25.0 Å². The highest BCUT2D eigenvalue weighted by Gasteiger charge is 2.28. The summed E-state index contributed by atoms with van der Waals surface area (Å²) in [5.41, 5.74) is 1.34.